The van der Waals surface area contributed by atoms with E-state index in [0.717, 1.165) is 35.0 Å². The smallest absolute Gasteiger partial charge is 0.191 e. The first-order chi connectivity index (χ1) is 10.2. The molecule has 0 bridgehead atoms. The van der Waals surface area contributed by atoms with Crippen LogP contribution in [0, 0.1) is 6.92 Å². The van der Waals surface area contributed by atoms with E-state index >= 15 is 0 Å². The maximum absolute atomic E-state index is 4.60. The Morgan fingerprint density at radius 1 is 1.41 bits per heavy atom. The van der Waals surface area contributed by atoms with Crippen molar-refractivity contribution < 1.29 is 0 Å². The van der Waals surface area contributed by atoms with Gasteiger partial charge in [-0.1, -0.05) is 0 Å². The van der Waals surface area contributed by atoms with Gasteiger partial charge >= 0.3 is 0 Å². The van der Waals surface area contributed by atoms with E-state index in [1.807, 2.05) is 6.20 Å². The van der Waals surface area contributed by atoms with Crippen LogP contribution in [0.2, 0.25) is 0 Å². The van der Waals surface area contributed by atoms with Gasteiger partial charge in [0.15, 0.2) is 5.96 Å². The van der Waals surface area contributed by atoms with E-state index in [1.165, 1.54) is 9.75 Å². The summed E-state index contributed by atoms with van der Waals surface area (Å²) in [6.45, 7) is 6.55. The highest BCUT2D eigenvalue weighted by molar-refractivity contribution is 14.0. The number of thiophene rings is 1. The molecule has 0 radical (unpaired) electrons. The van der Waals surface area contributed by atoms with E-state index in [-0.39, 0.29) is 24.0 Å². The minimum absolute atomic E-state index is 0. The molecule has 22 heavy (non-hydrogen) atoms. The summed E-state index contributed by atoms with van der Waals surface area (Å²) in [6, 6.07) is 2.11. The second-order valence-corrected chi connectivity index (χ2v) is 7.70. The van der Waals surface area contributed by atoms with Crippen molar-refractivity contribution >= 4 is 68.5 Å². The number of rotatable bonds is 6. The molecule has 8 heteroatoms. The Morgan fingerprint density at radius 2 is 2.23 bits per heavy atom. The van der Waals surface area contributed by atoms with Gasteiger partial charge in [0.25, 0.3) is 0 Å². The Hall–Kier alpha value is -0.190. The first kappa shape index (κ1) is 19.9. The number of hydrogen-bond donors (Lipinski definition) is 2. The third-order valence-corrected chi connectivity index (χ3v) is 5.31. The van der Waals surface area contributed by atoms with Crippen LogP contribution in [0.15, 0.2) is 27.1 Å². The largest absolute Gasteiger partial charge is 0.357 e. The highest BCUT2D eigenvalue weighted by Crippen LogP contribution is 2.20. The number of halogens is 2. The van der Waals surface area contributed by atoms with Crippen LogP contribution in [0.5, 0.6) is 0 Å². The molecule has 4 nitrogen and oxygen atoms in total. The number of thiazole rings is 1. The van der Waals surface area contributed by atoms with Crippen molar-refractivity contribution in [3.05, 3.63) is 36.9 Å². The molecule has 122 valence electrons. The molecule has 0 saturated heterocycles. The zero-order chi connectivity index (χ0) is 15.1. The molecular weight excluding hydrogens is 495 g/mol. The predicted octanol–water partition coefficient (Wildman–Crippen LogP) is 4.19. The molecule has 0 spiro atoms. The number of nitrogens with zero attached hydrogens (tertiary/aromatic N) is 2. The molecule has 2 aromatic heterocycles. The van der Waals surface area contributed by atoms with Crippen LogP contribution >= 0.6 is 62.6 Å². The number of aromatic nitrogens is 1. The summed E-state index contributed by atoms with van der Waals surface area (Å²) in [5, 5.41) is 9.86. The third kappa shape index (κ3) is 6.93. The third-order valence-electron chi connectivity index (χ3n) is 2.66. The number of hydrogen-bond acceptors (Lipinski definition) is 4. The lowest BCUT2D eigenvalue weighted by Gasteiger charge is -2.10. The van der Waals surface area contributed by atoms with E-state index in [1.54, 1.807) is 22.7 Å². The minimum atomic E-state index is 0. The quantitative estimate of drug-likeness (QED) is 0.345. The first-order valence-corrected chi connectivity index (χ1v) is 9.32. The predicted molar refractivity (Wildman–Crippen MR) is 111 cm³/mol. The Balaban J connectivity index is 0.00000242. The van der Waals surface area contributed by atoms with Crippen molar-refractivity contribution in [2.24, 2.45) is 4.99 Å². The molecule has 0 amide bonds. The Morgan fingerprint density at radius 3 is 2.82 bits per heavy atom. The van der Waals surface area contributed by atoms with Crippen molar-refractivity contribution in [3.63, 3.8) is 0 Å². The van der Waals surface area contributed by atoms with Gasteiger partial charge in [-0.3, -0.25) is 0 Å². The second kappa shape index (κ2) is 10.6. The van der Waals surface area contributed by atoms with Gasteiger partial charge < -0.3 is 10.6 Å². The van der Waals surface area contributed by atoms with Gasteiger partial charge in [-0.05, 0) is 35.8 Å². The van der Waals surface area contributed by atoms with Crippen LogP contribution < -0.4 is 10.6 Å². The van der Waals surface area contributed by atoms with Crippen LogP contribution in [-0.4, -0.2) is 24.0 Å². The monoisotopic (exact) mass is 514 g/mol. The van der Waals surface area contributed by atoms with Gasteiger partial charge in [0.1, 0.15) is 0 Å². The SMILES string of the molecule is CCNC(=NCc1cc(Br)cs1)NCCc1ncc(C)s1.I. The Labute approximate surface area is 165 Å². The summed E-state index contributed by atoms with van der Waals surface area (Å²) < 4.78 is 1.12. The van der Waals surface area contributed by atoms with Crippen LogP contribution in [0.4, 0.5) is 0 Å². The molecule has 0 unspecified atom stereocenters. The lowest BCUT2D eigenvalue weighted by molar-refractivity contribution is 0.797. The molecule has 0 fully saturated rings. The first-order valence-electron chi connectivity index (χ1n) is 6.83. The summed E-state index contributed by atoms with van der Waals surface area (Å²) in [4.78, 5) is 11.5. The molecule has 0 aliphatic rings. The fourth-order valence-electron chi connectivity index (χ4n) is 1.74. The van der Waals surface area contributed by atoms with Gasteiger partial charge in [-0.2, -0.15) is 0 Å². The normalized spacial score (nSPS) is 11.1. The minimum Gasteiger partial charge on any atom is -0.357 e. The summed E-state index contributed by atoms with van der Waals surface area (Å²) >= 11 is 6.93. The molecule has 0 aliphatic heterocycles. The standard InChI is InChI=1S/C14H19BrN4S2.HI/c1-3-16-14(19-8-12-6-11(15)9-20-12)17-5-4-13-18-7-10(2)21-13;/h6-7,9H,3-5,8H2,1-2H3,(H2,16,17,19);1H. The average Bonchev–Trinajstić information content (AvgIpc) is 3.05. The lowest BCUT2D eigenvalue weighted by atomic mass is 10.4. The van der Waals surface area contributed by atoms with E-state index in [9.17, 15) is 0 Å². The fraction of sp³-hybridized carbons (Fsp3) is 0.429. The molecule has 2 N–H and O–H groups in total. The summed E-state index contributed by atoms with van der Waals surface area (Å²) in [6.07, 6.45) is 2.85. The van der Waals surface area contributed by atoms with E-state index in [2.05, 4.69) is 61.8 Å². The average molecular weight is 515 g/mol. The number of guanidine groups is 1. The second-order valence-electron chi connectivity index (χ2n) is 4.47. The number of aliphatic imine (C=N–C) groups is 1. The maximum Gasteiger partial charge on any atom is 0.191 e. The van der Waals surface area contributed by atoms with Crippen LogP contribution in [0.1, 0.15) is 21.7 Å². The molecule has 2 aromatic rings. The van der Waals surface area contributed by atoms with Crippen molar-refractivity contribution in [1.29, 1.82) is 0 Å². The number of nitrogens with one attached hydrogen (secondary N) is 2. The van der Waals surface area contributed by atoms with Gasteiger partial charge in [0, 0.05) is 45.3 Å². The van der Waals surface area contributed by atoms with Crippen molar-refractivity contribution in [2.75, 3.05) is 13.1 Å². The molecular formula is C14H20BrIN4S2. The Bertz CT molecular complexity index is 597. The zero-order valence-electron chi connectivity index (χ0n) is 12.6. The van der Waals surface area contributed by atoms with E-state index in [0.29, 0.717) is 6.54 Å². The molecule has 0 atom stereocenters. The van der Waals surface area contributed by atoms with Gasteiger partial charge in [-0.15, -0.1) is 46.7 Å². The van der Waals surface area contributed by atoms with Gasteiger partial charge in [0.2, 0.25) is 0 Å². The van der Waals surface area contributed by atoms with Crippen molar-refractivity contribution in [3.8, 4) is 0 Å². The van der Waals surface area contributed by atoms with Crippen LogP contribution in [0.25, 0.3) is 0 Å². The highest BCUT2D eigenvalue weighted by Gasteiger charge is 2.02. The zero-order valence-corrected chi connectivity index (χ0v) is 18.1. The maximum atomic E-state index is 4.60. The highest BCUT2D eigenvalue weighted by atomic mass is 127. The Kier molecular flexibility index (Phi) is 9.53. The molecule has 0 aromatic carbocycles. The van der Waals surface area contributed by atoms with Crippen molar-refractivity contribution in [2.45, 2.75) is 26.8 Å². The van der Waals surface area contributed by atoms with Gasteiger partial charge in [-0.25, -0.2) is 9.98 Å². The number of aryl methyl sites for hydroxylation is 1. The topological polar surface area (TPSA) is 49.3 Å². The summed E-state index contributed by atoms with van der Waals surface area (Å²) in [7, 11) is 0. The van der Waals surface area contributed by atoms with E-state index < -0.39 is 0 Å². The fourth-order valence-corrected chi connectivity index (χ4v) is 3.90. The summed E-state index contributed by atoms with van der Waals surface area (Å²) in [5.41, 5.74) is 0. The van der Waals surface area contributed by atoms with Crippen LogP contribution in [-0.2, 0) is 13.0 Å². The lowest BCUT2D eigenvalue weighted by Crippen LogP contribution is -2.38. The molecule has 2 heterocycles. The van der Waals surface area contributed by atoms with Crippen molar-refractivity contribution in [1.82, 2.24) is 15.6 Å². The molecule has 0 saturated carbocycles. The molecule has 0 aliphatic carbocycles. The van der Waals surface area contributed by atoms with Crippen LogP contribution in [0.3, 0.4) is 0 Å². The summed E-state index contributed by atoms with van der Waals surface area (Å²) in [5.74, 6) is 0.857. The molecule has 2 rings (SSSR count). The van der Waals surface area contributed by atoms with E-state index in [4.69, 9.17) is 0 Å². The van der Waals surface area contributed by atoms with Gasteiger partial charge in [0.05, 0.1) is 11.6 Å².